The molecular formula is C22H24ClN7O2. The van der Waals surface area contributed by atoms with Gasteiger partial charge in [-0.3, -0.25) is 9.56 Å². The number of dihydropyridines is 1. The number of aromatic nitrogens is 5. The van der Waals surface area contributed by atoms with Crippen molar-refractivity contribution in [1.82, 2.24) is 24.5 Å². The smallest absolute Gasteiger partial charge is 0.212 e. The largest absolute Gasteiger partial charge is 0.481 e. The van der Waals surface area contributed by atoms with Crippen molar-refractivity contribution >= 4 is 29.0 Å². The molecule has 0 bridgehead atoms. The molecule has 0 spiro atoms. The highest BCUT2D eigenvalue weighted by Gasteiger charge is 2.45. The molecule has 2 aliphatic heterocycles. The number of rotatable bonds is 4. The molecule has 0 aliphatic carbocycles. The number of aryl methyl sites for hydroxylation is 1. The van der Waals surface area contributed by atoms with Gasteiger partial charge in [0.2, 0.25) is 5.88 Å². The van der Waals surface area contributed by atoms with Gasteiger partial charge in [0.15, 0.2) is 5.65 Å². The maximum absolute atomic E-state index is 6.62. The van der Waals surface area contributed by atoms with Crippen LogP contribution in [0.1, 0.15) is 42.6 Å². The number of nitrogens with two attached hydrogens (primary N) is 1. The SMILES string of the molecule is COc1ccc(C2(c3nc(C)nc4c3ncn4C3CCCCO3)C=C(Cl)C=NC2N)cn1. The second kappa shape index (κ2) is 8.23. The van der Waals surface area contributed by atoms with Gasteiger partial charge >= 0.3 is 0 Å². The van der Waals surface area contributed by atoms with Gasteiger partial charge in [0.1, 0.15) is 23.7 Å². The molecule has 0 aromatic carbocycles. The third-order valence-electron chi connectivity index (χ3n) is 6.00. The summed E-state index contributed by atoms with van der Waals surface area (Å²) < 4.78 is 13.2. The van der Waals surface area contributed by atoms with E-state index < -0.39 is 11.6 Å². The lowest BCUT2D eigenvalue weighted by Crippen LogP contribution is -2.46. The maximum Gasteiger partial charge on any atom is 0.212 e. The second-order valence-corrected chi connectivity index (χ2v) is 8.41. The monoisotopic (exact) mass is 453 g/mol. The number of nitrogens with zero attached hydrogens (tertiary/aromatic N) is 6. The van der Waals surface area contributed by atoms with Crippen LogP contribution in [-0.4, -0.2) is 50.6 Å². The van der Waals surface area contributed by atoms with E-state index in [-0.39, 0.29) is 6.23 Å². The van der Waals surface area contributed by atoms with Crippen LogP contribution in [0.4, 0.5) is 0 Å². The van der Waals surface area contributed by atoms with Crippen molar-refractivity contribution in [3.8, 4) is 5.88 Å². The Labute approximate surface area is 190 Å². The molecule has 1 fully saturated rings. The minimum absolute atomic E-state index is 0.105. The van der Waals surface area contributed by atoms with Gasteiger partial charge in [0, 0.05) is 25.1 Å². The fraction of sp³-hybridized carbons (Fsp3) is 0.409. The van der Waals surface area contributed by atoms with Gasteiger partial charge in [-0.15, -0.1) is 0 Å². The summed E-state index contributed by atoms with van der Waals surface area (Å²) in [6.07, 6.45) is 9.18. The minimum Gasteiger partial charge on any atom is -0.481 e. The zero-order chi connectivity index (χ0) is 22.3. The van der Waals surface area contributed by atoms with Crippen molar-refractivity contribution in [2.75, 3.05) is 13.7 Å². The highest BCUT2D eigenvalue weighted by atomic mass is 35.5. The molecule has 5 rings (SSSR count). The molecule has 3 atom stereocenters. The van der Waals surface area contributed by atoms with Crippen LogP contribution in [0.5, 0.6) is 5.88 Å². The van der Waals surface area contributed by atoms with E-state index in [1.54, 1.807) is 31.9 Å². The van der Waals surface area contributed by atoms with E-state index in [2.05, 4.69) is 9.98 Å². The first kappa shape index (κ1) is 21.0. The summed E-state index contributed by atoms with van der Waals surface area (Å²) in [6.45, 7) is 2.57. The zero-order valence-electron chi connectivity index (χ0n) is 17.9. The molecule has 3 aromatic heterocycles. The summed E-state index contributed by atoms with van der Waals surface area (Å²) in [7, 11) is 1.57. The van der Waals surface area contributed by atoms with Crippen LogP contribution in [0.3, 0.4) is 0 Å². The molecule has 0 radical (unpaired) electrons. The first-order valence-corrected chi connectivity index (χ1v) is 10.9. The summed E-state index contributed by atoms with van der Waals surface area (Å²) in [5, 5.41) is 0.460. The molecule has 3 unspecified atom stereocenters. The predicted molar refractivity (Wildman–Crippen MR) is 121 cm³/mol. The molecule has 0 saturated carbocycles. The lowest BCUT2D eigenvalue weighted by Gasteiger charge is -2.36. The highest BCUT2D eigenvalue weighted by molar-refractivity contribution is 6.39. The predicted octanol–water partition coefficient (Wildman–Crippen LogP) is 3.02. The Morgan fingerprint density at radius 2 is 2.12 bits per heavy atom. The van der Waals surface area contributed by atoms with Crippen molar-refractivity contribution < 1.29 is 9.47 Å². The van der Waals surface area contributed by atoms with Crippen molar-refractivity contribution in [2.24, 2.45) is 10.7 Å². The zero-order valence-corrected chi connectivity index (χ0v) is 18.7. The molecular weight excluding hydrogens is 430 g/mol. The van der Waals surface area contributed by atoms with Gasteiger partial charge in [-0.25, -0.2) is 19.9 Å². The first-order valence-electron chi connectivity index (χ1n) is 10.5. The average molecular weight is 454 g/mol. The number of pyridine rings is 1. The molecule has 32 heavy (non-hydrogen) atoms. The first-order chi connectivity index (χ1) is 15.5. The molecule has 1 saturated heterocycles. The molecule has 0 amide bonds. The Bertz CT molecular complexity index is 1200. The summed E-state index contributed by atoms with van der Waals surface area (Å²) in [5.41, 5.74) is 8.38. The molecule has 10 heteroatoms. The maximum atomic E-state index is 6.62. The Balaban J connectivity index is 1.75. The molecule has 2 aliphatic rings. The normalized spacial score (nSPS) is 25.7. The highest BCUT2D eigenvalue weighted by Crippen LogP contribution is 2.42. The van der Waals surface area contributed by atoms with E-state index in [0.717, 1.165) is 31.4 Å². The van der Waals surface area contributed by atoms with Crippen LogP contribution < -0.4 is 10.5 Å². The number of fused-ring (bicyclic) bond motifs is 1. The van der Waals surface area contributed by atoms with E-state index >= 15 is 0 Å². The molecule has 5 heterocycles. The van der Waals surface area contributed by atoms with E-state index in [1.807, 2.05) is 23.6 Å². The standard InChI is InChI=1S/C22H24ClN7O2/c1-13-28-19(18-20(29-13)30(12-27-18)17-5-3-4-8-32-17)22(9-15(23)11-26-21(22)24)14-6-7-16(31-2)25-10-14/h6-7,9-12,17,21H,3-5,8,24H2,1-2H3. The van der Waals surface area contributed by atoms with Gasteiger partial charge in [-0.1, -0.05) is 17.7 Å². The minimum atomic E-state index is -0.982. The van der Waals surface area contributed by atoms with Crippen LogP contribution in [0, 0.1) is 6.92 Å². The van der Waals surface area contributed by atoms with Crippen LogP contribution in [-0.2, 0) is 10.2 Å². The summed E-state index contributed by atoms with van der Waals surface area (Å²) in [5.74, 6) is 1.09. The van der Waals surface area contributed by atoms with Crippen LogP contribution >= 0.6 is 11.6 Å². The van der Waals surface area contributed by atoms with E-state index in [0.29, 0.717) is 33.6 Å². The van der Waals surface area contributed by atoms with Gasteiger partial charge in [-0.2, -0.15) is 0 Å². The second-order valence-electron chi connectivity index (χ2n) is 7.98. The summed E-state index contributed by atoms with van der Waals surface area (Å²) >= 11 is 6.46. The number of halogens is 1. The number of aliphatic imine (C=N–C) groups is 1. The Morgan fingerprint density at radius 1 is 1.25 bits per heavy atom. The number of hydrogen-bond donors (Lipinski definition) is 1. The topological polar surface area (TPSA) is 113 Å². The number of imidazole rings is 1. The summed E-state index contributed by atoms with van der Waals surface area (Å²) in [4.78, 5) is 23.1. The van der Waals surface area contributed by atoms with Crippen LogP contribution in [0.15, 0.2) is 40.8 Å². The number of hydrogen-bond acceptors (Lipinski definition) is 8. The Morgan fingerprint density at radius 3 is 2.84 bits per heavy atom. The van der Waals surface area contributed by atoms with E-state index in [1.165, 1.54) is 0 Å². The molecule has 9 nitrogen and oxygen atoms in total. The molecule has 3 aromatic rings. The van der Waals surface area contributed by atoms with Gasteiger partial charge < -0.3 is 15.2 Å². The van der Waals surface area contributed by atoms with Crippen LogP contribution in [0.25, 0.3) is 11.2 Å². The van der Waals surface area contributed by atoms with Gasteiger partial charge in [0.05, 0.1) is 29.6 Å². The Hall–Kier alpha value is -2.88. The lowest BCUT2D eigenvalue weighted by atomic mass is 9.73. The summed E-state index contributed by atoms with van der Waals surface area (Å²) in [6, 6.07) is 3.68. The Kier molecular flexibility index (Phi) is 5.40. The van der Waals surface area contributed by atoms with Crippen LogP contribution in [0.2, 0.25) is 0 Å². The van der Waals surface area contributed by atoms with Crippen molar-refractivity contribution in [2.45, 2.75) is 44.0 Å². The van der Waals surface area contributed by atoms with Crippen molar-refractivity contribution in [1.29, 1.82) is 0 Å². The third kappa shape index (κ3) is 3.37. The number of methoxy groups -OCH3 is 1. The lowest BCUT2D eigenvalue weighted by molar-refractivity contribution is -0.0298. The van der Waals surface area contributed by atoms with E-state index in [9.17, 15) is 0 Å². The number of ether oxygens (including phenoxy) is 2. The number of allylic oxidation sites excluding steroid dienone is 1. The molecule has 166 valence electrons. The van der Waals surface area contributed by atoms with Crippen molar-refractivity contribution in [3.05, 3.63) is 52.8 Å². The van der Waals surface area contributed by atoms with Gasteiger partial charge in [-0.05, 0) is 37.8 Å². The average Bonchev–Trinajstić information content (AvgIpc) is 3.24. The fourth-order valence-electron chi connectivity index (χ4n) is 4.42. The van der Waals surface area contributed by atoms with Crippen molar-refractivity contribution in [3.63, 3.8) is 0 Å². The fourth-order valence-corrected chi connectivity index (χ4v) is 4.65. The van der Waals surface area contributed by atoms with E-state index in [4.69, 9.17) is 41.8 Å². The third-order valence-corrected chi connectivity index (χ3v) is 6.21. The molecule has 2 N–H and O–H groups in total. The van der Waals surface area contributed by atoms with Gasteiger partial charge in [0.25, 0.3) is 0 Å². The quantitative estimate of drug-likeness (QED) is 0.645.